The Balaban J connectivity index is 1.33. The number of alkyl halides is 6. The molecule has 0 spiro atoms. The van der Waals surface area contributed by atoms with Crippen LogP contribution in [0.15, 0.2) is 55.2 Å². The summed E-state index contributed by atoms with van der Waals surface area (Å²) in [5.74, 6) is -12.3. The van der Waals surface area contributed by atoms with E-state index in [2.05, 4.69) is 30.5 Å². The number of halogens is 8. The predicted octanol–water partition coefficient (Wildman–Crippen LogP) is 6.34. The summed E-state index contributed by atoms with van der Waals surface area (Å²) in [7, 11) is 0. The molecule has 3 aromatic heterocycles. The van der Waals surface area contributed by atoms with Crippen LogP contribution in [0, 0.1) is 11.6 Å². The van der Waals surface area contributed by atoms with Crippen LogP contribution in [0.25, 0.3) is 17.1 Å². The second-order valence-corrected chi connectivity index (χ2v) is 12.3. The molecular formula is C33H24F8N8O2. The quantitative estimate of drug-likeness (QED) is 0.168. The largest absolute Gasteiger partial charge is 0.348 e. The summed E-state index contributed by atoms with van der Waals surface area (Å²) in [6, 6.07) is 7.59. The van der Waals surface area contributed by atoms with E-state index in [1.165, 1.54) is 23.5 Å². The van der Waals surface area contributed by atoms with Gasteiger partial charge in [0.1, 0.15) is 42.2 Å². The summed E-state index contributed by atoms with van der Waals surface area (Å²) in [5, 5.41) is 10.1. The number of carbonyl (C=O) groups excluding carboxylic acids is 2. The van der Waals surface area contributed by atoms with Crippen molar-refractivity contribution < 1.29 is 44.7 Å². The number of rotatable bonds is 10. The maximum Gasteiger partial charge on any atom is 0.290 e. The van der Waals surface area contributed by atoms with Crippen molar-refractivity contribution in [1.82, 2.24) is 39.8 Å². The van der Waals surface area contributed by atoms with Gasteiger partial charge in [-0.3, -0.25) is 14.3 Å². The number of Topliss-reactive ketones (excluding diaryl/α,β-unsaturated/α-hetero) is 1. The SMILES string of the molecule is O=C(C[C@@H](Cc1cc(F)cc(F)c1)c1nc(-n2cncn2)ncc1-c1ccc2c(c1)C(=O)NC2)Cn1nc(C(F)F)c2c1C(F)(F)CCC2(F)F. The first kappa shape index (κ1) is 33.9. The maximum absolute atomic E-state index is 15.1. The molecule has 0 radical (unpaired) electrons. The van der Waals surface area contributed by atoms with E-state index in [1.807, 2.05) is 0 Å². The Morgan fingerprint density at radius 1 is 0.961 bits per heavy atom. The zero-order valence-corrected chi connectivity index (χ0v) is 26.1. The number of benzene rings is 2. The average molecular weight is 717 g/mol. The molecule has 1 N–H and O–H groups in total. The standard InChI is InChI=1S/C33H24F8N8O2/c34-20-6-16(7-21(35)10-20)5-19(8-22(50)13-48-28-25(27(47-48)29(36)37)32(38,39)3-4-33(28,40)41)26-24(12-44-31(46-26)49-15-42-14-45-49)17-1-2-18-11-43-30(51)23(18)9-17/h1-2,6-7,9-10,12,14-15,19,29H,3-5,8,11,13H2,(H,43,51)/t19-/m1/s1. The van der Waals surface area contributed by atoms with Crippen molar-refractivity contribution in [3.05, 3.63) is 106 Å². The first-order valence-electron chi connectivity index (χ1n) is 15.5. The van der Waals surface area contributed by atoms with Crippen molar-refractivity contribution in [2.75, 3.05) is 0 Å². The van der Waals surface area contributed by atoms with Crippen molar-refractivity contribution >= 4 is 11.7 Å². The first-order valence-corrected chi connectivity index (χ1v) is 15.5. The van der Waals surface area contributed by atoms with Crippen LogP contribution in [0.3, 0.4) is 0 Å². The van der Waals surface area contributed by atoms with Gasteiger partial charge in [0.2, 0.25) is 0 Å². The van der Waals surface area contributed by atoms with Gasteiger partial charge in [-0.15, -0.1) is 0 Å². The number of ketones is 1. The van der Waals surface area contributed by atoms with E-state index in [1.54, 1.807) is 18.2 Å². The van der Waals surface area contributed by atoms with Crippen LogP contribution in [0.4, 0.5) is 35.1 Å². The van der Waals surface area contributed by atoms with E-state index in [0.29, 0.717) is 29.3 Å². The van der Waals surface area contributed by atoms with Crippen molar-refractivity contribution in [3.8, 4) is 17.1 Å². The molecule has 0 bridgehead atoms. The van der Waals surface area contributed by atoms with Gasteiger partial charge in [-0.25, -0.2) is 41.3 Å². The van der Waals surface area contributed by atoms with Gasteiger partial charge in [-0.05, 0) is 41.3 Å². The molecule has 1 aliphatic carbocycles. The fourth-order valence-corrected chi connectivity index (χ4v) is 6.54. The number of amides is 1. The molecule has 0 saturated heterocycles. The molecule has 1 amide bonds. The Morgan fingerprint density at radius 2 is 1.71 bits per heavy atom. The Labute approximate surface area is 282 Å². The Hall–Kier alpha value is -5.55. The van der Waals surface area contributed by atoms with Crippen LogP contribution < -0.4 is 5.32 Å². The van der Waals surface area contributed by atoms with E-state index >= 15 is 8.78 Å². The van der Waals surface area contributed by atoms with Gasteiger partial charge >= 0.3 is 0 Å². The van der Waals surface area contributed by atoms with Gasteiger partial charge < -0.3 is 5.32 Å². The molecule has 2 aliphatic rings. The fraction of sp³-hybridized carbons (Fsp3) is 0.303. The Kier molecular flexibility index (Phi) is 8.41. The predicted molar refractivity (Wildman–Crippen MR) is 160 cm³/mol. The number of nitrogens with zero attached hydrogens (tertiary/aromatic N) is 7. The second kappa shape index (κ2) is 12.6. The molecular weight excluding hydrogens is 692 g/mol. The lowest BCUT2D eigenvalue weighted by atomic mass is 9.86. The van der Waals surface area contributed by atoms with E-state index in [-0.39, 0.29) is 39.8 Å². The molecule has 7 rings (SSSR count). The minimum absolute atomic E-state index is 0.0439. The normalized spacial score (nSPS) is 16.5. The molecule has 51 heavy (non-hydrogen) atoms. The molecule has 0 unspecified atom stereocenters. The average Bonchev–Trinajstić information content (AvgIpc) is 3.83. The number of carbonyl (C=O) groups is 2. The fourth-order valence-electron chi connectivity index (χ4n) is 6.54. The van der Waals surface area contributed by atoms with Gasteiger partial charge in [-0.1, -0.05) is 12.1 Å². The highest BCUT2D eigenvalue weighted by Crippen LogP contribution is 2.52. The molecule has 4 heterocycles. The highest BCUT2D eigenvalue weighted by Gasteiger charge is 2.55. The van der Waals surface area contributed by atoms with E-state index in [4.69, 9.17) is 0 Å². The first-order chi connectivity index (χ1) is 24.2. The van der Waals surface area contributed by atoms with E-state index < -0.39 is 84.4 Å². The lowest BCUT2D eigenvalue weighted by Gasteiger charge is -2.29. The lowest BCUT2D eigenvalue weighted by Crippen LogP contribution is -2.33. The zero-order chi connectivity index (χ0) is 36.2. The molecule has 0 fully saturated rings. The topological polar surface area (TPSA) is 120 Å². The van der Waals surface area contributed by atoms with Gasteiger partial charge in [0.05, 0.1) is 11.3 Å². The minimum Gasteiger partial charge on any atom is -0.348 e. The van der Waals surface area contributed by atoms with Crippen molar-refractivity contribution in [1.29, 1.82) is 0 Å². The zero-order valence-electron chi connectivity index (χ0n) is 26.1. The third kappa shape index (κ3) is 6.45. The molecule has 264 valence electrons. The molecule has 5 aromatic rings. The maximum atomic E-state index is 15.1. The molecule has 10 nitrogen and oxygen atoms in total. The third-order valence-corrected chi connectivity index (χ3v) is 8.78. The number of aromatic nitrogens is 7. The number of nitrogens with one attached hydrogen (secondary N) is 1. The lowest BCUT2D eigenvalue weighted by molar-refractivity contribution is -0.121. The summed E-state index contributed by atoms with van der Waals surface area (Å²) in [6.07, 6.45) is -3.45. The van der Waals surface area contributed by atoms with Crippen molar-refractivity contribution in [2.24, 2.45) is 0 Å². The van der Waals surface area contributed by atoms with Gasteiger partial charge in [0.25, 0.3) is 30.1 Å². The van der Waals surface area contributed by atoms with Gasteiger partial charge in [0.15, 0.2) is 5.78 Å². The number of fused-ring (bicyclic) bond motifs is 2. The van der Waals surface area contributed by atoms with Crippen LogP contribution in [0.2, 0.25) is 0 Å². The molecule has 0 saturated carbocycles. The van der Waals surface area contributed by atoms with Crippen LogP contribution >= 0.6 is 0 Å². The summed E-state index contributed by atoms with van der Waals surface area (Å²) >= 11 is 0. The van der Waals surface area contributed by atoms with Crippen molar-refractivity contribution in [2.45, 2.75) is 63.0 Å². The Morgan fingerprint density at radius 3 is 2.41 bits per heavy atom. The summed E-state index contributed by atoms with van der Waals surface area (Å²) in [5.41, 5.74) is -2.71. The van der Waals surface area contributed by atoms with E-state index in [0.717, 1.165) is 12.1 Å². The molecule has 1 aliphatic heterocycles. The number of hydrogen-bond acceptors (Lipinski definition) is 7. The third-order valence-electron chi connectivity index (χ3n) is 8.78. The molecule has 1 atom stereocenters. The molecule has 18 heteroatoms. The summed E-state index contributed by atoms with van der Waals surface area (Å²) < 4.78 is 118. The Bertz CT molecular complexity index is 2150. The van der Waals surface area contributed by atoms with Gasteiger partial charge in [-0.2, -0.15) is 23.7 Å². The van der Waals surface area contributed by atoms with Crippen LogP contribution in [0.1, 0.15) is 75.7 Å². The summed E-state index contributed by atoms with van der Waals surface area (Å²) in [6.45, 7) is -0.815. The van der Waals surface area contributed by atoms with Crippen LogP contribution in [-0.2, 0) is 36.1 Å². The second-order valence-electron chi connectivity index (χ2n) is 12.3. The molecule has 2 aromatic carbocycles. The van der Waals surface area contributed by atoms with Crippen LogP contribution in [-0.4, -0.2) is 46.2 Å². The van der Waals surface area contributed by atoms with Crippen LogP contribution in [0.5, 0.6) is 0 Å². The highest BCUT2D eigenvalue weighted by atomic mass is 19.3. The smallest absolute Gasteiger partial charge is 0.290 e. The monoisotopic (exact) mass is 716 g/mol. The number of hydrogen-bond donors (Lipinski definition) is 1. The highest BCUT2D eigenvalue weighted by molar-refractivity contribution is 5.99. The van der Waals surface area contributed by atoms with Crippen molar-refractivity contribution in [3.63, 3.8) is 0 Å². The summed E-state index contributed by atoms with van der Waals surface area (Å²) in [4.78, 5) is 39.1. The van der Waals surface area contributed by atoms with Gasteiger partial charge in [0, 0.05) is 55.1 Å². The van der Waals surface area contributed by atoms with E-state index in [9.17, 15) is 35.9 Å². The minimum atomic E-state index is -4.05.